The van der Waals surface area contributed by atoms with Crippen LogP contribution in [-0.2, 0) is 6.54 Å². The lowest BCUT2D eigenvalue weighted by molar-refractivity contribution is 0.381. The SMILES string of the molecule is Fc1c(F)c(F)c(NCCCn2ccnc2)c(F)c1F. The molecule has 3 nitrogen and oxygen atoms in total. The second-order valence-corrected chi connectivity index (χ2v) is 4.03. The maximum Gasteiger partial charge on any atom is 0.200 e. The first-order chi connectivity index (χ1) is 9.52. The van der Waals surface area contributed by atoms with E-state index < -0.39 is 34.8 Å². The number of halogens is 5. The van der Waals surface area contributed by atoms with E-state index >= 15 is 0 Å². The van der Waals surface area contributed by atoms with Gasteiger partial charge in [-0.05, 0) is 6.42 Å². The smallest absolute Gasteiger partial charge is 0.200 e. The lowest BCUT2D eigenvalue weighted by Crippen LogP contribution is -2.12. The molecule has 8 heteroatoms. The molecule has 2 rings (SSSR count). The third-order valence-corrected chi connectivity index (χ3v) is 2.66. The van der Waals surface area contributed by atoms with Crippen molar-refractivity contribution >= 4 is 5.69 Å². The van der Waals surface area contributed by atoms with Crippen LogP contribution in [0.5, 0.6) is 0 Å². The molecule has 0 unspecified atom stereocenters. The number of aromatic nitrogens is 2. The summed E-state index contributed by atoms with van der Waals surface area (Å²) in [5.41, 5.74) is -1.01. The Morgan fingerprint density at radius 2 is 1.55 bits per heavy atom. The summed E-state index contributed by atoms with van der Waals surface area (Å²) >= 11 is 0. The van der Waals surface area contributed by atoms with Crippen molar-refractivity contribution < 1.29 is 22.0 Å². The van der Waals surface area contributed by atoms with Gasteiger partial charge in [0.05, 0.1) is 6.33 Å². The van der Waals surface area contributed by atoms with E-state index in [9.17, 15) is 22.0 Å². The van der Waals surface area contributed by atoms with Gasteiger partial charge in [-0.2, -0.15) is 0 Å². The standard InChI is InChI=1S/C12H10F5N3/c13-7-8(14)10(16)12(11(17)9(7)15)19-2-1-4-20-5-3-18-6-20/h3,5-6,19H,1-2,4H2. The minimum absolute atomic E-state index is 0.0521. The van der Waals surface area contributed by atoms with Crippen molar-refractivity contribution in [3.8, 4) is 0 Å². The summed E-state index contributed by atoms with van der Waals surface area (Å²) in [4.78, 5) is 3.80. The van der Waals surface area contributed by atoms with Crippen LogP contribution in [0.15, 0.2) is 18.7 Å². The highest BCUT2D eigenvalue weighted by Gasteiger charge is 2.25. The zero-order valence-corrected chi connectivity index (χ0v) is 10.1. The molecular weight excluding hydrogens is 281 g/mol. The number of aryl methyl sites for hydroxylation is 1. The van der Waals surface area contributed by atoms with E-state index in [1.54, 1.807) is 23.3 Å². The minimum atomic E-state index is -2.16. The first-order valence-electron chi connectivity index (χ1n) is 5.73. The molecule has 0 spiro atoms. The second kappa shape index (κ2) is 5.89. The van der Waals surface area contributed by atoms with Gasteiger partial charge in [0.15, 0.2) is 23.3 Å². The number of imidazole rings is 1. The average molecular weight is 291 g/mol. The van der Waals surface area contributed by atoms with Crippen LogP contribution < -0.4 is 5.32 Å². The number of benzene rings is 1. The Balaban J connectivity index is 2.02. The number of rotatable bonds is 5. The Labute approximate surface area is 111 Å². The monoisotopic (exact) mass is 291 g/mol. The number of hydrogen-bond donors (Lipinski definition) is 1. The Hall–Kier alpha value is -2.12. The summed E-state index contributed by atoms with van der Waals surface area (Å²) in [6.45, 7) is 0.554. The molecule has 20 heavy (non-hydrogen) atoms. The zero-order valence-electron chi connectivity index (χ0n) is 10.1. The van der Waals surface area contributed by atoms with Gasteiger partial charge in [-0.3, -0.25) is 0 Å². The largest absolute Gasteiger partial charge is 0.380 e. The van der Waals surface area contributed by atoms with Gasteiger partial charge in [-0.25, -0.2) is 26.9 Å². The van der Waals surface area contributed by atoms with E-state index in [2.05, 4.69) is 10.3 Å². The molecule has 1 heterocycles. The molecule has 0 aliphatic carbocycles. The van der Waals surface area contributed by atoms with Gasteiger partial charge in [0.25, 0.3) is 0 Å². The minimum Gasteiger partial charge on any atom is -0.380 e. The molecule has 108 valence electrons. The van der Waals surface area contributed by atoms with Crippen molar-refractivity contribution in [3.63, 3.8) is 0 Å². The number of nitrogens with one attached hydrogen (secondary N) is 1. The van der Waals surface area contributed by atoms with Crippen LogP contribution >= 0.6 is 0 Å². The fourth-order valence-electron chi connectivity index (χ4n) is 1.65. The molecule has 0 saturated carbocycles. The molecule has 0 aliphatic heterocycles. The normalized spacial score (nSPS) is 10.8. The van der Waals surface area contributed by atoms with E-state index in [1.165, 1.54) is 0 Å². The third-order valence-electron chi connectivity index (χ3n) is 2.66. The average Bonchev–Trinajstić information content (AvgIpc) is 2.95. The molecule has 1 aromatic heterocycles. The van der Waals surface area contributed by atoms with Crippen LogP contribution in [-0.4, -0.2) is 16.1 Å². The van der Waals surface area contributed by atoms with Gasteiger partial charge in [-0.1, -0.05) is 0 Å². The number of nitrogens with zero attached hydrogens (tertiary/aromatic N) is 2. The Morgan fingerprint density at radius 3 is 2.10 bits per heavy atom. The highest BCUT2D eigenvalue weighted by molar-refractivity contribution is 5.47. The summed E-state index contributed by atoms with van der Waals surface area (Å²) < 4.78 is 67.0. The Kier molecular flexibility index (Phi) is 4.21. The van der Waals surface area contributed by atoms with Crippen LogP contribution in [0.25, 0.3) is 0 Å². The van der Waals surface area contributed by atoms with Crippen LogP contribution in [0.4, 0.5) is 27.6 Å². The lowest BCUT2D eigenvalue weighted by Gasteiger charge is -2.10. The molecular formula is C12H10F5N3. The van der Waals surface area contributed by atoms with Gasteiger partial charge in [0.1, 0.15) is 5.69 Å². The third kappa shape index (κ3) is 2.73. The van der Waals surface area contributed by atoms with Crippen molar-refractivity contribution in [1.29, 1.82) is 0 Å². The summed E-state index contributed by atoms with van der Waals surface area (Å²) in [5, 5.41) is 2.22. The van der Waals surface area contributed by atoms with E-state index in [1.807, 2.05) is 0 Å². The summed E-state index contributed by atoms with van der Waals surface area (Å²) in [6, 6.07) is 0. The number of hydrogen-bond acceptors (Lipinski definition) is 2. The first kappa shape index (κ1) is 14.3. The van der Waals surface area contributed by atoms with E-state index in [0.29, 0.717) is 13.0 Å². The summed E-state index contributed by atoms with van der Waals surface area (Å²) in [7, 11) is 0. The highest BCUT2D eigenvalue weighted by atomic mass is 19.2. The van der Waals surface area contributed by atoms with Gasteiger partial charge >= 0.3 is 0 Å². The van der Waals surface area contributed by atoms with Crippen molar-refractivity contribution in [2.24, 2.45) is 0 Å². The first-order valence-corrected chi connectivity index (χ1v) is 5.73. The Bertz CT molecular complexity index is 569. The van der Waals surface area contributed by atoms with Crippen molar-refractivity contribution in [2.45, 2.75) is 13.0 Å². The molecule has 2 aromatic rings. The summed E-state index contributed by atoms with van der Waals surface area (Å²) in [6.07, 6.45) is 5.24. The van der Waals surface area contributed by atoms with Gasteiger partial charge in [0.2, 0.25) is 5.82 Å². The van der Waals surface area contributed by atoms with Crippen LogP contribution in [0.3, 0.4) is 0 Å². The molecule has 0 saturated heterocycles. The molecule has 0 aliphatic rings. The second-order valence-electron chi connectivity index (χ2n) is 4.03. The predicted octanol–water partition coefficient (Wildman–Crippen LogP) is 3.08. The molecule has 0 radical (unpaired) electrons. The molecule has 0 bridgehead atoms. The van der Waals surface area contributed by atoms with Crippen molar-refractivity contribution in [2.75, 3.05) is 11.9 Å². The van der Waals surface area contributed by atoms with Crippen LogP contribution in [0, 0.1) is 29.1 Å². The number of anilines is 1. The van der Waals surface area contributed by atoms with E-state index in [-0.39, 0.29) is 6.54 Å². The van der Waals surface area contributed by atoms with Crippen molar-refractivity contribution in [3.05, 3.63) is 47.8 Å². The topological polar surface area (TPSA) is 29.9 Å². The fraction of sp³-hybridized carbons (Fsp3) is 0.250. The fourth-order valence-corrected chi connectivity index (χ4v) is 1.65. The van der Waals surface area contributed by atoms with E-state index in [4.69, 9.17) is 0 Å². The maximum absolute atomic E-state index is 13.3. The molecule has 0 amide bonds. The van der Waals surface area contributed by atoms with Crippen LogP contribution in [0.2, 0.25) is 0 Å². The Morgan fingerprint density at radius 1 is 0.950 bits per heavy atom. The quantitative estimate of drug-likeness (QED) is 0.397. The van der Waals surface area contributed by atoms with E-state index in [0.717, 1.165) is 0 Å². The lowest BCUT2D eigenvalue weighted by atomic mass is 10.2. The molecule has 1 aromatic carbocycles. The zero-order chi connectivity index (χ0) is 14.7. The van der Waals surface area contributed by atoms with Gasteiger partial charge in [0, 0.05) is 25.5 Å². The molecule has 0 fully saturated rings. The summed E-state index contributed by atoms with van der Waals surface area (Å²) in [5.74, 6) is -9.79. The van der Waals surface area contributed by atoms with Crippen molar-refractivity contribution in [1.82, 2.24) is 9.55 Å². The van der Waals surface area contributed by atoms with Gasteiger partial charge < -0.3 is 9.88 Å². The highest BCUT2D eigenvalue weighted by Crippen LogP contribution is 2.26. The molecule has 1 N–H and O–H groups in total. The molecule has 0 atom stereocenters. The van der Waals surface area contributed by atoms with Crippen LogP contribution in [0.1, 0.15) is 6.42 Å². The maximum atomic E-state index is 13.3. The van der Waals surface area contributed by atoms with Gasteiger partial charge in [-0.15, -0.1) is 0 Å². The predicted molar refractivity (Wildman–Crippen MR) is 61.6 cm³/mol.